The lowest BCUT2D eigenvalue weighted by Gasteiger charge is -1.23. The van der Waals surface area contributed by atoms with Gasteiger partial charge in [-0.15, -0.1) is 0 Å². The van der Waals surface area contributed by atoms with Crippen LogP contribution in [-0.4, -0.2) is 30.8 Å². The first-order valence-corrected chi connectivity index (χ1v) is 1.55. The zero-order valence-electron chi connectivity index (χ0n) is 5.05. The fourth-order valence-electron chi connectivity index (χ4n) is 0. The Balaban J connectivity index is -0.0000000147. The van der Waals surface area contributed by atoms with Crippen molar-refractivity contribution in [2.24, 2.45) is 0 Å². The molecule has 0 rings (SSSR count). The van der Waals surface area contributed by atoms with E-state index >= 15 is 0 Å². The van der Waals surface area contributed by atoms with Crippen LogP contribution in [0.3, 0.4) is 0 Å². The van der Waals surface area contributed by atoms with E-state index in [2.05, 4.69) is 0 Å². The molecule has 0 spiro atoms. The van der Waals surface area contributed by atoms with Crippen LogP contribution < -0.4 is 0 Å². The van der Waals surface area contributed by atoms with Crippen LogP contribution >= 0.6 is 0 Å². The molecule has 0 atom stereocenters. The number of rotatable bonds is 0. The molecule has 8 heavy (non-hydrogen) atoms. The molecule has 0 fully saturated rings. The number of hydrogen-bond donors (Lipinski definition) is 1. The molecule has 0 aliphatic heterocycles. The smallest absolute Gasteiger partial charge is 0.116 e. The quantitative estimate of drug-likeness (QED) is 0.412. The fraction of sp³-hybridized carbons (Fsp3) is 0.500. The highest BCUT2D eigenvalue weighted by Gasteiger charge is 1.24. The summed E-state index contributed by atoms with van der Waals surface area (Å²) in [5.74, 6) is 0. The first-order chi connectivity index (χ1) is 3.41. The third-order valence-electron chi connectivity index (χ3n) is 0. The van der Waals surface area contributed by atoms with Crippen LogP contribution in [0.2, 0.25) is 0 Å². The second-order valence-electron chi connectivity index (χ2n) is 0.236. The zero-order chi connectivity index (χ0) is 6.71. The molecule has 0 aromatic rings. The van der Waals surface area contributed by atoms with Gasteiger partial charge in [-0.05, 0) is 6.92 Å². The van der Waals surface area contributed by atoms with Crippen molar-refractivity contribution in [3.63, 3.8) is 0 Å². The Kier molecular flexibility index (Phi) is 8570. The van der Waals surface area contributed by atoms with Crippen molar-refractivity contribution in [2.75, 3.05) is 7.11 Å². The third-order valence-corrected chi connectivity index (χ3v) is 0. The highest BCUT2D eigenvalue weighted by atomic mass is 16.2. The summed E-state index contributed by atoms with van der Waals surface area (Å²) < 4.78 is 0. The zero-order valence-corrected chi connectivity index (χ0v) is 5.05. The Hall–Kier alpha value is -0.740. The van der Waals surface area contributed by atoms with Crippen LogP contribution in [0.15, 0.2) is 0 Å². The second-order valence-corrected chi connectivity index (χ2v) is 0.236. The Morgan fingerprint density at radius 3 is 1.38 bits per heavy atom. The number of carbonyl (C=O) groups excluding carboxylic acids is 2. The van der Waals surface area contributed by atoms with E-state index in [-0.39, 0.29) is 5.48 Å². The summed E-state index contributed by atoms with van der Waals surface area (Å²) in [6.45, 7) is 3.44. The van der Waals surface area contributed by atoms with E-state index in [1.807, 2.05) is 6.79 Å². The van der Waals surface area contributed by atoms with Gasteiger partial charge in [0.25, 0.3) is 0 Å². The lowest BCUT2D eigenvalue weighted by atomic mass is 11.0. The summed E-state index contributed by atoms with van der Waals surface area (Å²) >= 11 is 0. The van der Waals surface area contributed by atoms with Gasteiger partial charge in [-0.1, -0.05) is 0 Å². The van der Waals surface area contributed by atoms with Gasteiger partial charge in [-0.2, -0.15) is 0 Å². The van der Waals surface area contributed by atoms with Crippen LogP contribution in [0, 0.1) is 0 Å². The molecule has 0 radical (unpaired) electrons. The van der Waals surface area contributed by atoms with Gasteiger partial charge < -0.3 is 20.2 Å². The Bertz CT molecular complexity index is 22.0. The first-order valence-electron chi connectivity index (χ1n) is 1.55. The van der Waals surface area contributed by atoms with Gasteiger partial charge in [0.2, 0.25) is 0 Å². The van der Waals surface area contributed by atoms with E-state index in [0.29, 0.717) is 0 Å². The monoisotopic (exact) mass is 124 g/mol. The lowest BCUT2D eigenvalue weighted by molar-refractivity contribution is -0.106. The van der Waals surface area contributed by atoms with E-state index < -0.39 is 0 Å². The van der Waals surface area contributed by atoms with Crippen molar-refractivity contribution >= 4 is 13.1 Å². The van der Waals surface area contributed by atoms with Gasteiger partial charge in [-0.25, -0.2) is 0 Å². The molecule has 52 valence electrons. The average molecular weight is 124 g/mol. The SMILES string of the molecule is C=O.CC=O.CO.O. The second kappa shape index (κ2) is 2560. The fourth-order valence-corrected chi connectivity index (χ4v) is 0. The van der Waals surface area contributed by atoms with Crippen molar-refractivity contribution < 1.29 is 20.2 Å². The van der Waals surface area contributed by atoms with Crippen molar-refractivity contribution in [1.29, 1.82) is 0 Å². The van der Waals surface area contributed by atoms with Crippen molar-refractivity contribution in [1.82, 2.24) is 0 Å². The van der Waals surface area contributed by atoms with Crippen molar-refractivity contribution in [3.8, 4) is 0 Å². The van der Waals surface area contributed by atoms with E-state index in [9.17, 15) is 0 Å². The molecule has 0 bridgehead atoms. The van der Waals surface area contributed by atoms with E-state index in [4.69, 9.17) is 14.7 Å². The van der Waals surface area contributed by atoms with Gasteiger partial charge >= 0.3 is 0 Å². The summed E-state index contributed by atoms with van der Waals surface area (Å²) in [4.78, 5) is 16.8. The number of hydrogen-bond acceptors (Lipinski definition) is 3. The minimum absolute atomic E-state index is 0. The van der Waals surface area contributed by atoms with Crippen molar-refractivity contribution in [3.05, 3.63) is 0 Å². The lowest BCUT2D eigenvalue weighted by Crippen LogP contribution is -1.36. The van der Waals surface area contributed by atoms with Crippen LogP contribution in [0.4, 0.5) is 0 Å². The highest BCUT2D eigenvalue weighted by molar-refractivity contribution is 5.44. The van der Waals surface area contributed by atoms with Crippen LogP contribution in [0.25, 0.3) is 0 Å². The van der Waals surface area contributed by atoms with Gasteiger partial charge in [0.15, 0.2) is 0 Å². The topological polar surface area (TPSA) is 85.9 Å². The van der Waals surface area contributed by atoms with Crippen LogP contribution in [0.5, 0.6) is 0 Å². The number of aliphatic hydroxyl groups is 1. The largest absolute Gasteiger partial charge is 0.412 e. The molecule has 0 saturated heterocycles. The van der Waals surface area contributed by atoms with Crippen LogP contribution in [0.1, 0.15) is 6.92 Å². The maximum atomic E-state index is 8.81. The Labute approximate surface area is 48.4 Å². The normalized spacial score (nSPS) is 2.88. The summed E-state index contributed by atoms with van der Waals surface area (Å²) in [7, 11) is 1.00. The van der Waals surface area contributed by atoms with Crippen LogP contribution in [-0.2, 0) is 9.59 Å². The minimum atomic E-state index is 0. The molecule has 0 unspecified atom stereocenters. The highest BCUT2D eigenvalue weighted by Crippen LogP contribution is 1.13. The molecule has 0 aromatic heterocycles. The van der Waals surface area contributed by atoms with E-state index in [1.165, 1.54) is 6.92 Å². The molecule has 3 N–H and O–H groups in total. The molecule has 0 saturated carbocycles. The number of carbonyl (C=O) groups is 2. The molecule has 0 aliphatic carbocycles. The summed E-state index contributed by atoms with van der Waals surface area (Å²) in [6, 6.07) is 0. The van der Waals surface area contributed by atoms with Gasteiger partial charge in [-0.3, -0.25) is 0 Å². The molecule has 0 aromatic carbocycles. The molecular weight excluding hydrogens is 112 g/mol. The average Bonchev–Trinajstić information content (AvgIpc) is 1.78. The molecular formula is C4H12O4. The minimum Gasteiger partial charge on any atom is -0.412 e. The first kappa shape index (κ1) is 26.8. The maximum Gasteiger partial charge on any atom is 0.116 e. The maximum absolute atomic E-state index is 8.81. The van der Waals surface area contributed by atoms with Gasteiger partial charge in [0.05, 0.1) is 0 Å². The number of aldehydes is 1. The van der Waals surface area contributed by atoms with Gasteiger partial charge in [0, 0.05) is 7.11 Å². The summed E-state index contributed by atoms with van der Waals surface area (Å²) in [5.41, 5.74) is 0. The molecule has 4 nitrogen and oxygen atoms in total. The standard InChI is InChI=1S/C2H4O.CH4O.CH2O.H2O/c1-2-3;2*1-2;/h2H,1H3;2H,1H3;1H2;1H2. The molecule has 0 aliphatic rings. The predicted molar refractivity (Wildman–Crippen MR) is 30.6 cm³/mol. The van der Waals surface area contributed by atoms with Gasteiger partial charge in [0.1, 0.15) is 13.1 Å². The molecule has 0 amide bonds. The summed E-state index contributed by atoms with van der Waals surface area (Å²) in [6.07, 6.45) is 0.750. The molecule has 4 heteroatoms. The Morgan fingerprint density at radius 2 is 1.38 bits per heavy atom. The summed E-state index contributed by atoms with van der Waals surface area (Å²) in [5, 5.41) is 7.00. The number of aliphatic hydroxyl groups excluding tert-OH is 1. The van der Waals surface area contributed by atoms with E-state index in [1.54, 1.807) is 0 Å². The Morgan fingerprint density at radius 1 is 1.38 bits per heavy atom. The third kappa shape index (κ3) is 174. The predicted octanol–water partition coefficient (Wildman–Crippen LogP) is -1.20. The molecule has 0 heterocycles. The van der Waals surface area contributed by atoms with E-state index in [0.717, 1.165) is 13.4 Å². The van der Waals surface area contributed by atoms with Crippen molar-refractivity contribution in [2.45, 2.75) is 6.92 Å².